The number of hydrogen-bond donors (Lipinski definition) is 2. The van der Waals surface area contributed by atoms with E-state index in [9.17, 15) is 9.50 Å². The fourth-order valence-corrected chi connectivity index (χ4v) is 5.69. The lowest BCUT2D eigenvalue weighted by atomic mass is 9.68. The molecule has 1 aromatic heterocycles. The zero-order chi connectivity index (χ0) is 18.6. The monoisotopic (exact) mass is 385 g/mol. The number of halogens is 1. The Bertz CT molecular complexity index is 937. The molecular formula is C20H20FN3O2S. The minimum atomic E-state index is -0.495. The van der Waals surface area contributed by atoms with Gasteiger partial charge in [-0.25, -0.2) is 9.98 Å². The normalized spacial score (nSPS) is 31.8. The van der Waals surface area contributed by atoms with Crippen molar-refractivity contribution in [2.24, 2.45) is 16.6 Å². The van der Waals surface area contributed by atoms with Crippen molar-refractivity contribution in [3.8, 4) is 16.9 Å². The van der Waals surface area contributed by atoms with Gasteiger partial charge in [0.2, 0.25) is 5.95 Å². The third-order valence-electron chi connectivity index (χ3n) is 5.92. The smallest absolute Gasteiger partial charge is 0.220 e. The number of nitrogens with two attached hydrogens (primary N) is 1. The van der Waals surface area contributed by atoms with E-state index in [1.165, 1.54) is 6.20 Å². The average Bonchev–Trinajstić information content (AvgIpc) is 3.04. The van der Waals surface area contributed by atoms with Crippen LogP contribution in [0.25, 0.3) is 11.1 Å². The second kappa shape index (κ2) is 6.21. The Balaban J connectivity index is 1.67. The van der Waals surface area contributed by atoms with Crippen LogP contribution < -0.4 is 10.5 Å². The molecule has 2 unspecified atom stereocenters. The lowest BCUT2D eigenvalue weighted by Crippen LogP contribution is -2.51. The highest BCUT2D eigenvalue weighted by molar-refractivity contribution is 8.14. The summed E-state index contributed by atoms with van der Waals surface area (Å²) in [4.78, 5) is 8.64. The molecular weight excluding hydrogens is 365 g/mol. The molecule has 1 spiro atoms. The number of fused-ring (bicyclic) bond motifs is 4. The van der Waals surface area contributed by atoms with Gasteiger partial charge >= 0.3 is 0 Å². The number of aliphatic hydroxyl groups is 1. The standard InChI is InChI=1S/C20H20FN3O2S/c21-18-13(2-1-7-23-18)11-3-6-16-15(8-11)20(10-27-19(22)24-20)14-5-4-12(25)9-17(14)26-16/h1-3,6-8,12,14,17,25H,4-5,9-10H2,(H2,22,24)/t12-,14?,17-,20?/m1/s1. The molecule has 4 atom stereocenters. The summed E-state index contributed by atoms with van der Waals surface area (Å²) in [6.45, 7) is 0. The molecule has 2 aromatic rings. The first-order chi connectivity index (χ1) is 13.1. The number of pyridine rings is 1. The van der Waals surface area contributed by atoms with E-state index < -0.39 is 11.5 Å². The Morgan fingerprint density at radius 3 is 2.96 bits per heavy atom. The Labute approximate surface area is 160 Å². The molecule has 0 radical (unpaired) electrons. The molecule has 1 aromatic carbocycles. The fraction of sp³-hybridized carbons (Fsp3) is 0.400. The van der Waals surface area contributed by atoms with E-state index in [4.69, 9.17) is 15.5 Å². The van der Waals surface area contributed by atoms with Crippen molar-refractivity contribution in [1.82, 2.24) is 4.98 Å². The summed E-state index contributed by atoms with van der Waals surface area (Å²) >= 11 is 1.55. The minimum Gasteiger partial charge on any atom is -0.490 e. The molecule has 140 valence electrons. The number of ether oxygens (including phenoxy) is 1. The number of aliphatic imine (C=N–C) groups is 1. The maximum atomic E-state index is 14.2. The van der Waals surface area contributed by atoms with Gasteiger partial charge in [-0.15, -0.1) is 0 Å². The summed E-state index contributed by atoms with van der Waals surface area (Å²) in [5.74, 6) is 1.14. The quantitative estimate of drug-likeness (QED) is 0.738. The van der Waals surface area contributed by atoms with Gasteiger partial charge in [0.05, 0.1) is 6.10 Å². The van der Waals surface area contributed by atoms with Crippen LogP contribution in [0.15, 0.2) is 41.5 Å². The van der Waals surface area contributed by atoms with Crippen LogP contribution >= 0.6 is 11.8 Å². The number of hydrogen-bond acceptors (Lipinski definition) is 6. The predicted molar refractivity (Wildman–Crippen MR) is 103 cm³/mol. The first kappa shape index (κ1) is 17.0. The average molecular weight is 385 g/mol. The van der Waals surface area contributed by atoms with Gasteiger partial charge < -0.3 is 15.6 Å². The predicted octanol–water partition coefficient (Wildman–Crippen LogP) is 3.07. The van der Waals surface area contributed by atoms with E-state index in [-0.39, 0.29) is 18.1 Å². The molecule has 1 fully saturated rings. The summed E-state index contributed by atoms with van der Waals surface area (Å²) in [5, 5.41) is 10.7. The summed E-state index contributed by atoms with van der Waals surface area (Å²) < 4.78 is 20.5. The lowest BCUT2D eigenvalue weighted by Gasteiger charge is -2.48. The van der Waals surface area contributed by atoms with Gasteiger partial charge in [0.25, 0.3) is 0 Å². The zero-order valence-corrected chi connectivity index (χ0v) is 15.5. The van der Waals surface area contributed by atoms with Gasteiger partial charge in [-0.3, -0.25) is 0 Å². The highest BCUT2D eigenvalue weighted by Crippen LogP contribution is 2.54. The topological polar surface area (TPSA) is 80.7 Å². The van der Waals surface area contributed by atoms with Crippen molar-refractivity contribution < 1.29 is 14.2 Å². The maximum absolute atomic E-state index is 14.2. The van der Waals surface area contributed by atoms with E-state index in [1.807, 2.05) is 18.2 Å². The van der Waals surface area contributed by atoms with Crippen molar-refractivity contribution in [2.75, 3.05) is 5.75 Å². The first-order valence-electron chi connectivity index (χ1n) is 9.15. The van der Waals surface area contributed by atoms with E-state index in [2.05, 4.69) is 4.98 Å². The van der Waals surface area contributed by atoms with Crippen molar-refractivity contribution in [3.05, 3.63) is 48.0 Å². The van der Waals surface area contributed by atoms with Crippen LogP contribution in [0.1, 0.15) is 24.8 Å². The number of thioether (sulfide) groups is 1. The van der Waals surface area contributed by atoms with Crippen LogP contribution in [-0.4, -0.2) is 33.2 Å². The second-order valence-corrected chi connectivity index (χ2v) is 8.44. The Kier molecular flexibility index (Phi) is 3.91. The number of aliphatic hydroxyl groups excluding tert-OH is 1. The van der Waals surface area contributed by atoms with Gasteiger partial charge in [-0.1, -0.05) is 17.8 Å². The third kappa shape index (κ3) is 2.63. The summed E-state index contributed by atoms with van der Waals surface area (Å²) in [6, 6.07) is 9.15. The Morgan fingerprint density at radius 2 is 2.19 bits per heavy atom. The van der Waals surface area contributed by atoms with Crippen molar-refractivity contribution >= 4 is 16.9 Å². The largest absolute Gasteiger partial charge is 0.490 e. The van der Waals surface area contributed by atoms with E-state index in [0.717, 1.165) is 35.5 Å². The number of rotatable bonds is 1. The lowest BCUT2D eigenvalue weighted by molar-refractivity contribution is -0.0246. The minimum absolute atomic E-state index is 0.0857. The molecule has 27 heavy (non-hydrogen) atoms. The van der Waals surface area contributed by atoms with Crippen molar-refractivity contribution in [2.45, 2.75) is 37.0 Å². The van der Waals surface area contributed by atoms with Gasteiger partial charge in [0.15, 0.2) is 5.17 Å². The fourth-order valence-electron chi connectivity index (χ4n) is 4.66. The molecule has 2 aliphatic heterocycles. The summed E-state index contributed by atoms with van der Waals surface area (Å²) in [5.41, 5.74) is 7.75. The zero-order valence-electron chi connectivity index (χ0n) is 14.6. The van der Waals surface area contributed by atoms with Gasteiger partial charge in [0, 0.05) is 35.4 Å². The molecule has 0 amide bonds. The van der Waals surface area contributed by atoms with Crippen LogP contribution in [0, 0.1) is 11.9 Å². The van der Waals surface area contributed by atoms with Crippen LogP contribution in [0.4, 0.5) is 4.39 Å². The van der Waals surface area contributed by atoms with E-state index >= 15 is 0 Å². The SMILES string of the molecule is NC1=NC2(CS1)c1cc(-c3cccnc3F)ccc1O[C@@H]1C[C@H](O)CCC12. The molecule has 3 heterocycles. The number of nitrogens with zero attached hydrogens (tertiary/aromatic N) is 2. The molecule has 1 saturated carbocycles. The maximum Gasteiger partial charge on any atom is 0.220 e. The summed E-state index contributed by atoms with van der Waals surface area (Å²) in [6.07, 6.45) is 3.18. The van der Waals surface area contributed by atoms with Gasteiger partial charge in [0.1, 0.15) is 17.4 Å². The van der Waals surface area contributed by atoms with Crippen molar-refractivity contribution in [3.63, 3.8) is 0 Å². The number of benzene rings is 1. The molecule has 0 bridgehead atoms. The van der Waals surface area contributed by atoms with Crippen LogP contribution in [-0.2, 0) is 5.54 Å². The molecule has 0 saturated heterocycles. The molecule has 3 N–H and O–H groups in total. The van der Waals surface area contributed by atoms with Crippen LogP contribution in [0.2, 0.25) is 0 Å². The van der Waals surface area contributed by atoms with Crippen LogP contribution in [0.5, 0.6) is 5.75 Å². The Hall–Kier alpha value is -2.12. The van der Waals surface area contributed by atoms with Crippen LogP contribution in [0.3, 0.4) is 0 Å². The van der Waals surface area contributed by atoms with Crippen molar-refractivity contribution in [1.29, 1.82) is 0 Å². The number of aromatic nitrogens is 1. The highest BCUT2D eigenvalue weighted by atomic mass is 32.2. The molecule has 5 nitrogen and oxygen atoms in total. The third-order valence-corrected chi connectivity index (χ3v) is 6.89. The summed E-state index contributed by atoms with van der Waals surface area (Å²) in [7, 11) is 0. The van der Waals surface area contributed by atoms with E-state index in [0.29, 0.717) is 17.2 Å². The molecule has 7 heteroatoms. The molecule has 3 aliphatic rings. The first-order valence-corrected chi connectivity index (χ1v) is 10.1. The molecule has 1 aliphatic carbocycles. The van der Waals surface area contributed by atoms with E-state index in [1.54, 1.807) is 23.9 Å². The number of amidine groups is 1. The van der Waals surface area contributed by atoms with Gasteiger partial charge in [-0.05, 0) is 42.7 Å². The Morgan fingerprint density at radius 1 is 1.30 bits per heavy atom. The highest BCUT2D eigenvalue weighted by Gasteiger charge is 2.54. The molecule has 5 rings (SSSR count). The van der Waals surface area contributed by atoms with Gasteiger partial charge in [-0.2, -0.15) is 4.39 Å². The second-order valence-electron chi connectivity index (χ2n) is 7.45.